The summed E-state index contributed by atoms with van der Waals surface area (Å²) in [6.07, 6.45) is -4.55. The fourth-order valence-electron chi connectivity index (χ4n) is 5.69. The molecule has 1 saturated heterocycles. The molecule has 1 amide bonds. The van der Waals surface area contributed by atoms with E-state index in [4.69, 9.17) is 28.4 Å². The molecule has 10 nitrogen and oxygen atoms in total. The summed E-state index contributed by atoms with van der Waals surface area (Å²) in [7, 11) is 1.59. The first-order chi connectivity index (χ1) is 23.9. The Bertz CT molecular complexity index is 1520. The number of methoxy groups -OCH3 is 1. The van der Waals surface area contributed by atoms with Crippen molar-refractivity contribution < 1.29 is 43.4 Å². The van der Waals surface area contributed by atoms with Crippen LogP contribution in [0.15, 0.2) is 115 Å². The van der Waals surface area contributed by atoms with Crippen LogP contribution in [0.5, 0.6) is 5.75 Å². The molecular weight excluding hydrogens is 626 g/mol. The van der Waals surface area contributed by atoms with Crippen molar-refractivity contribution in [2.24, 2.45) is 0 Å². The average Bonchev–Trinajstić information content (AvgIpc) is 3.14. The lowest BCUT2D eigenvalue weighted by Crippen LogP contribution is -2.69. The van der Waals surface area contributed by atoms with E-state index >= 15 is 0 Å². The summed E-state index contributed by atoms with van der Waals surface area (Å²) >= 11 is 0. The average molecular weight is 672 g/mol. The van der Waals surface area contributed by atoms with Crippen LogP contribution in [0.1, 0.15) is 28.7 Å². The number of carbonyl (C=O) groups excluding carboxylic acids is 1. The van der Waals surface area contributed by atoms with Crippen molar-refractivity contribution in [3.05, 3.63) is 138 Å². The lowest BCUT2D eigenvalue weighted by molar-refractivity contribution is -0.341. The molecule has 0 spiro atoms. The van der Waals surface area contributed by atoms with Crippen molar-refractivity contribution in [3.8, 4) is 5.75 Å². The molecule has 3 N–H and O–H groups in total. The summed E-state index contributed by atoms with van der Waals surface area (Å²) < 4.78 is 35.4. The molecule has 0 saturated carbocycles. The van der Waals surface area contributed by atoms with E-state index in [1.165, 1.54) is 0 Å². The molecule has 1 aliphatic rings. The number of hydrogen-bond donors (Lipinski definition) is 3. The van der Waals surface area contributed by atoms with Gasteiger partial charge in [0.2, 0.25) is 0 Å². The number of aliphatic hydroxyl groups excluding tert-OH is 1. The summed E-state index contributed by atoms with van der Waals surface area (Å²) in [5.74, 6) is 0.672. The molecule has 4 aromatic carbocycles. The molecule has 5 atom stereocenters. The Morgan fingerprint density at radius 3 is 1.98 bits per heavy atom. The molecular formula is C39H45NO9. The van der Waals surface area contributed by atoms with E-state index in [9.17, 15) is 15.0 Å². The van der Waals surface area contributed by atoms with Gasteiger partial charge in [-0.3, -0.25) is 0 Å². The third kappa shape index (κ3) is 10.6. The van der Waals surface area contributed by atoms with Crippen LogP contribution in [0, 0.1) is 0 Å². The van der Waals surface area contributed by atoms with Gasteiger partial charge >= 0.3 is 6.09 Å². The molecule has 49 heavy (non-hydrogen) atoms. The number of aliphatic hydroxyl groups is 2. The number of hydrogen-bond acceptors (Lipinski definition) is 9. The Balaban J connectivity index is 1.27. The van der Waals surface area contributed by atoms with Gasteiger partial charge in [0.1, 0.15) is 36.3 Å². The first kappa shape index (κ1) is 36.0. The second-order valence-electron chi connectivity index (χ2n) is 11.9. The number of ether oxygens (including phenoxy) is 6. The molecule has 0 bridgehead atoms. The molecule has 1 aliphatic heterocycles. The molecule has 0 aromatic heterocycles. The van der Waals surface area contributed by atoms with Crippen molar-refractivity contribution in [2.45, 2.75) is 62.9 Å². The fraction of sp³-hybridized carbons (Fsp3) is 0.359. The topological polar surface area (TPSA) is 125 Å². The van der Waals surface area contributed by atoms with Gasteiger partial charge in [0.15, 0.2) is 6.29 Å². The first-order valence-corrected chi connectivity index (χ1v) is 16.5. The molecule has 1 heterocycles. The van der Waals surface area contributed by atoms with Crippen LogP contribution in [-0.4, -0.2) is 73.4 Å². The van der Waals surface area contributed by atoms with E-state index in [0.29, 0.717) is 18.8 Å². The maximum Gasteiger partial charge on any atom is 0.407 e. The van der Waals surface area contributed by atoms with Gasteiger partial charge in [-0.1, -0.05) is 103 Å². The summed E-state index contributed by atoms with van der Waals surface area (Å²) in [5, 5.41) is 26.9. The number of amides is 1. The van der Waals surface area contributed by atoms with Crippen molar-refractivity contribution in [1.29, 1.82) is 0 Å². The minimum atomic E-state index is -1.83. The highest BCUT2D eigenvalue weighted by molar-refractivity contribution is 5.67. The minimum Gasteiger partial charge on any atom is -0.497 e. The Kier molecular flexibility index (Phi) is 13.6. The van der Waals surface area contributed by atoms with Crippen LogP contribution < -0.4 is 10.1 Å². The van der Waals surface area contributed by atoms with E-state index in [1.807, 2.05) is 103 Å². The number of alkyl carbamates (subject to hydrolysis) is 1. The standard InChI is InChI=1S/C39H45NO9/c1-44-33-20-18-29(19-21-33)24-39(43)35(41)37(46-23-11-22-40-38(42)48-27-32-16-9-4-10-17-32)49-34(28-45-25-30-12-5-2-6-13-30)36(39)47-26-31-14-7-3-8-15-31/h2-10,12-21,34-37,41,43H,11,22-28H2,1H3,(H,40,42)/t34-,35-,36-,37+,39-/m1/s1. The Labute approximate surface area is 287 Å². The number of rotatable bonds is 17. The number of nitrogens with one attached hydrogen (secondary N) is 1. The molecule has 0 aliphatic carbocycles. The SMILES string of the molecule is COc1ccc(C[C@@]2(O)[C@H](O)[C@@H](OCCCNC(=O)OCc3ccccc3)O[C@H](COCc3ccccc3)[C@H]2OCc2ccccc2)cc1. The van der Waals surface area contributed by atoms with Crippen molar-refractivity contribution in [3.63, 3.8) is 0 Å². The molecule has 4 aromatic rings. The highest BCUT2D eigenvalue weighted by atomic mass is 16.7. The minimum absolute atomic E-state index is 0.0465. The molecule has 260 valence electrons. The fourth-order valence-corrected chi connectivity index (χ4v) is 5.69. The van der Waals surface area contributed by atoms with E-state index in [1.54, 1.807) is 19.2 Å². The second kappa shape index (κ2) is 18.5. The summed E-state index contributed by atoms with van der Waals surface area (Å²) in [4.78, 5) is 12.2. The van der Waals surface area contributed by atoms with E-state index in [0.717, 1.165) is 22.3 Å². The smallest absolute Gasteiger partial charge is 0.407 e. The van der Waals surface area contributed by atoms with Gasteiger partial charge in [-0.15, -0.1) is 0 Å². The van der Waals surface area contributed by atoms with Gasteiger partial charge in [-0.25, -0.2) is 4.79 Å². The Morgan fingerprint density at radius 1 is 0.776 bits per heavy atom. The van der Waals surface area contributed by atoms with E-state index in [-0.39, 0.29) is 39.4 Å². The van der Waals surface area contributed by atoms with Crippen LogP contribution in [-0.2, 0) is 49.9 Å². The van der Waals surface area contributed by atoms with Crippen molar-refractivity contribution in [2.75, 3.05) is 26.9 Å². The van der Waals surface area contributed by atoms with E-state index in [2.05, 4.69) is 5.32 Å². The van der Waals surface area contributed by atoms with Gasteiger partial charge < -0.3 is 44.0 Å². The predicted molar refractivity (Wildman–Crippen MR) is 183 cm³/mol. The monoisotopic (exact) mass is 671 g/mol. The molecule has 0 radical (unpaired) electrons. The number of carbonyl (C=O) groups is 1. The van der Waals surface area contributed by atoms with Gasteiger partial charge in [-0.2, -0.15) is 0 Å². The van der Waals surface area contributed by atoms with Gasteiger partial charge in [0, 0.05) is 13.0 Å². The third-order valence-electron chi connectivity index (χ3n) is 8.31. The van der Waals surface area contributed by atoms with Crippen LogP contribution in [0.25, 0.3) is 0 Å². The summed E-state index contributed by atoms with van der Waals surface area (Å²) in [6, 6.07) is 36.0. The zero-order chi connectivity index (χ0) is 34.3. The first-order valence-electron chi connectivity index (χ1n) is 16.5. The van der Waals surface area contributed by atoms with Crippen LogP contribution in [0.4, 0.5) is 4.79 Å². The van der Waals surface area contributed by atoms with Gasteiger partial charge in [0.25, 0.3) is 0 Å². The lowest BCUT2D eigenvalue weighted by atomic mass is 9.79. The zero-order valence-corrected chi connectivity index (χ0v) is 27.7. The van der Waals surface area contributed by atoms with Crippen molar-refractivity contribution in [1.82, 2.24) is 5.32 Å². The Morgan fingerprint density at radius 2 is 1.37 bits per heavy atom. The Hall–Kier alpha value is -4.29. The lowest BCUT2D eigenvalue weighted by Gasteiger charge is -2.50. The highest BCUT2D eigenvalue weighted by Crippen LogP contribution is 2.37. The quantitative estimate of drug-likeness (QED) is 0.130. The second-order valence-corrected chi connectivity index (χ2v) is 11.9. The zero-order valence-electron chi connectivity index (χ0n) is 27.7. The molecule has 1 fully saturated rings. The van der Waals surface area contributed by atoms with Crippen LogP contribution in [0.3, 0.4) is 0 Å². The summed E-state index contributed by atoms with van der Waals surface area (Å²) in [5.41, 5.74) is 1.71. The van der Waals surface area contributed by atoms with E-state index < -0.39 is 36.3 Å². The maximum atomic E-state index is 12.4. The van der Waals surface area contributed by atoms with Crippen LogP contribution in [0.2, 0.25) is 0 Å². The summed E-state index contributed by atoms with van der Waals surface area (Å²) in [6.45, 7) is 1.15. The number of benzene rings is 4. The van der Waals surface area contributed by atoms with Crippen molar-refractivity contribution >= 4 is 6.09 Å². The van der Waals surface area contributed by atoms with Gasteiger partial charge in [-0.05, 0) is 40.8 Å². The largest absolute Gasteiger partial charge is 0.497 e. The van der Waals surface area contributed by atoms with Crippen LogP contribution >= 0.6 is 0 Å². The maximum absolute atomic E-state index is 12.4. The molecule has 0 unspecified atom stereocenters. The molecule has 5 rings (SSSR count). The third-order valence-corrected chi connectivity index (χ3v) is 8.31. The van der Waals surface area contributed by atoms with Gasteiger partial charge in [0.05, 0.1) is 33.5 Å². The molecule has 10 heteroatoms. The highest BCUT2D eigenvalue weighted by Gasteiger charge is 2.56. The normalized spacial score (nSPS) is 21.9. The predicted octanol–water partition coefficient (Wildman–Crippen LogP) is 5.19.